The van der Waals surface area contributed by atoms with Crippen LogP contribution in [0.15, 0.2) is 0 Å². The Hall–Kier alpha value is 0.883. The van der Waals surface area contributed by atoms with Crippen LogP contribution in [0.3, 0.4) is 0 Å². The molecule has 0 amide bonds. The molecule has 0 unspecified atom stereocenters. The Morgan fingerprint density at radius 2 is 0.667 bits per heavy atom. The molecule has 0 N–H and O–H groups in total. The van der Waals surface area contributed by atoms with E-state index in [0.29, 0.717) is 0 Å². The summed E-state index contributed by atoms with van der Waals surface area (Å²) in [4.78, 5) is 0. The van der Waals surface area contributed by atoms with Crippen LogP contribution in [0, 0.1) is 52.9 Å². The van der Waals surface area contributed by atoms with Gasteiger partial charge in [-0.1, -0.05) is 40.0 Å². The smallest absolute Gasteiger partial charge is 0.343 e. The van der Waals surface area contributed by atoms with E-state index in [4.69, 9.17) is 0 Å². The minimum Gasteiger partial charge on any atom is -0.343 e. The Morgan fingerprint density at radius 3 is 0.722 bits per heavy atom. The Morgan fingerprint density at radius 1 is 0.556 bits per heavy atom. The van der Waals surface area contributed by atoms with Gasteiger partial charge in [-0.25, -0.2) is 0 Å². The van der Waals surface area contributed by atoms with E-state index in [2.05, 4.69) is 41.5 Å². The van der Waals surface area contributed by atoms with Crippen molar-refractivity contribution in [1.29, 1.82) is 0 Å². The first kappa shape index (κ1) is 27.3. The third-order valence-electron chi connectivity index (χ3n) is 1.62. The molecule has 0 heterocycles. The molecular weight excluding hydrogens is 295 g/mol. The molecule has 0 aliphatic heterocycles. The fourth-order valence-corrected chi connectivity index (χ4v) is 0.321. The summed E-state index contributed by atoms with van der Waals surface area (Å²) < 4.78 is 0. The van der Waals surface area contributed by atoms with Gasteiger partial charge < -0.3 is 20.8 Å². The summed E-state index contributed by atoms with van der Waals surface area (Å²) in [5, 5.41) is 0. The summed E-state index contributed by atoms with van der Waals surface area (Å²) in [6, 6.07) is 0. The van der Waals surface area contributed by atoms with Crippen molar-refractivity contribution >= 4 is 0 Å². The molecule has 5 radical (unpaired) electrons. The first-order valence-corrected chi connectivity index (χ1v) is 6.79. The van der Waals surface area contributed by atoms with Crippen LogP contribution in [-0.4, -0.2) is 0 Å². The first-order valence-electron chi connectivity index (χ1n) is 6.79. The molecule has 0 aromatic rings. The largest absolute Gasteiger partial charge is 4.00 e. The monoisotopic (exact) mass is 326 g/mol. The minimum absolute atomic E-state index is 0. The molecule has 1 saturated carbocycles. The van der Waals surface area contributed by atoms with Crippen molar-refractivity contribution in [2.24, 2.45) is 0 Å². The fraction of sp³-hybridized carbons (Fsp3) is 0.529. The van der Waals surface area contributed by atoms with Crippen LogP contribution < -0.4 is 0 Å². The van der Waals surface area contributed by atoms with Crippen molar-refractivity contribution in [1.82, 2.24) is 0 Å². The average molecular weight is 328 g/mol. The van der Waals surface area contributed by atoms with E-state index in [1.54, 1.807) is 0 Å². The molecule has 1 heteroatoms. The summed E-state index contributed by atoms with van der Waals surface area (Å²) >= 11 is 0. The normalized spacial score (nSPS) is 11.7. The van der Waals surface area contributed by atoms with E-state index in [-0.39, 0.29) is 26.2 Å². The summed E-state index contributed by atoms with van der Waals surface area (Å²) in [6.07, 6.45) is 16.8. The maximum Gasteiger partial charge on any atom is 4.00 e. The Balaban J connectivity index is -0.0000000719. The van der Waals surface area contributed by atoms with Gasteiger partial charge in [0.25, 0.3) is 0 Å². The van der Waals surface area contributed by atoms with Gasteiger partial charge in [0.05, 0.1) is 0 Å². The Labute approximate surface area is 138 Å². The molecule has 0 aromatic carbocycles. The van der Waals surface area contributed by atoms with Gasteiger partial charge in [0.1, 0.15) is 0 Å². The number of hydrogen-bond donors (Lipinski definition) is 0. The van der Waals surface area contributed by atoms with Gasteiger partial charge >= 0.3 is 26.2 Å². The summed E-state index contributed by atoms with van der Waals surface area (Å²) in [7, 11) is 0. The van der Waals surface area contributed by atoms with Crippen molar-refractivity contribution in [3.8, 4) is 0 Å². The predicted octanol–water partition coefficient (Wildman–Crippen LogP) is 5.88. The summed E-state index contributed by atoms with van der Waals surface area (Å²) in [6.45, 7) is 17.2. The molecule has 0 spiro atoms. The zero-order valence-electron chi connectivity index (χ0n) is 12.8. The summed E-state index contributed by atoms with van der Waals surface area (Å²) in [5.41, 5.74) is 0. The second-order valence-electron chi connectivity index (χ2n) is 3.52. The van der Waals surface area contributed by atoms with Gasteiger partial charge in [-0.15, -0.1) is 0 Å². The van der Waals surface area contributed by atoms with Crippen molar-refractivity contribution in [3.05, 3.63) is 52.9 Å². The molecule has 0 bridgehead atoms. The number of hydrogen-bond acceptors (Lipinski definition) is 0. The quantitative estimate of drug-likeness (QED) is 0.568. The SMILES string of the molecule is [CH2-]CCC.[CH2-]CCC.[CH2-]CCC.[CH]1[CH][CH][CH][CH]1.[Zr+4]. The molecule has 0 atom stereocenters. The molecule has 0 saturated heterocycles. The molecule has 1 rings (SSSR count). The number of rotatable bonds is 3. The van der Waals surface area contributed by atoms with Crippen LogP contribution in [0.2, 0.25) is 0 Å². The molecule has 1 aliphatic carbocycles. The minimum atomic E-state index is 0. The van der Waals surface area contributed by atoms with Crippen LogP contribution in [0.25, 0.3) is 0 Å². The van der Waals surface area contributed by atoms with Gasteiger partial charge in [0.15, 0.2) is 0 Å². The Kier molecular flexibility index (Phi) is 54.7. The average Bonchev–Trinajstić information content (AvgIpc) is 2.98. The second-order valence-corrected chi connectivity index (χ2v) is 3.52. The standard InChI is InChI=1S/C5H5.3C4H9.Zr/c1-2-4-5-3-1;3*1-3-4-2;/h1-5H;3*1,3-4H2,2H3;/q;3*-1;+4. The van der Waals surface area contributed by atoms with Gasteiger partial charge in [0, 0.05) is 0 Å². The zero-order chi connectivity index (χ0) is 13.8. The second kappa shape index (κ2) is 36.1. The van der Waals surface area contributed by atoms with Crippen molar-refractivity contribution in [2.75, 3.05) is 0 Å². The van der Waals surface area contributed by atoms with Gasteiger partial charge in [0.2, 0.25) is 0 Å². The van der Waals surface area contributed by atoms with Crippen LogP contribution in [0.4, 0.5) is 0 Å². The molecule has 18 heavy (non-hydrogen) atoms. The fourth-order valence-electron chi connectivity index (χ4n) is 0.321. The van der Waals surface area contributed by atoms with Crippen molar-refractivity contribution in [2.45, 2.75) is 59.3 Å². The predicted molar refractivity (Wildman–Crippen MR) is 82.3 cm³/mol. The third kappa shape index (κ3) is 54.0. The Bertz CT molecular complexity index is 54.6. The maximum atomic E-state index is 3.60. The molecular formula is C17H32Zr+. The van der Waals surface area contributed by atoms with Crippen LogP contribution in [0.5, 0.6) is 0 Å². The topological polar surface area (TPSA) is 0 Å². The van der Waals surface area contributed by atoms with Crippen molar-refractivity contribution < 1.29 is 26.2 Å². The van der Waals surface area contributed by atoms with Crippen LogP contribution >= 0.6 is 0 Å². The van der Waals surface area contributed by atoms with E-state index in [1.807, 2.05) is 32.1 Å². The van der Waals surface area contributed by atoms with Gasteiger partial charge in [-0.05, 0) is 32.1 Å². The van der Waals surface area contributed by atoms with E-state index < -0.39 is 0 Å². The zero-order valence-corrected chi connectivity index (χ0v) is 15.2. The number of unbranched alkanes of at least 4 members (excludes halogenated alkanes) is 3. The van der Waals surface area contributed by atoms with Crippen molar-refractivity contribution in [3.63, 3.8) is 0 Å². The summed E-state index contributed by atoms with van der Waals surface area (Å²) in [5.74, 6) is 0. The van der Waals surface area contributed by atoms with Gasteiger partial charge in [-0.3, -0.25) is 0 Å². The third-order valence-corrected chi connectivity index (χ3v) is 1.62. The molecule has 0 aromatic heterocycles. The van der Waals surface area contributed by atoms with Crippen LogP contribution in [-0.2, 0) is 26.2 Å². The van der Waals surface area contributed by atoms with E-state index in [0.717, 1.165) is 19.3 Å². The first-order chi connectivity index (χ1) is 8.24. The maximum absolute atomic E-state index is 3.60. The van der Waals surface area contributed by atoms with E-state index in [9.17, 15) is 0 Å². The van der Waals surface area contributed by atoms with Crippen LogP contribution in [0.1, 0.15) is 59.3 Å². The van der Waals surface area contributed by atoms with E-state index >= 15 is 0 Å². The van der Waals surface area contributed by atoms with E-state index in [1.165, 1.54) is 19.3 Å². The molecule has 1 fully saturated rings. The molecule has 1 aliphatic rings. The molecule has 0 nitrogen and oxygen atoms in total. The molecule has 103 valence electrons. The van der Waals surface area contributed by atoms with Gasteiger partial charge in [-0.2, -0.15) is 19.3 Å².